The number of hydrogen-bond donors (Lipinski definition) is 1. The lowest BCUT2D eigenvalue weighted by Gasteiger charge is -2.18. The molecule has 0 aliphatic rings. The Hall–Kier alpha value is -3.45. The number of hydrogen-bond acceptors (Lipinski definition) is 5. The molecule has 1 atom stereocenters. The van der Waals surface area contributed by atoms with Crippen molar-refractivity contribution in [2.75, 3.05) is 11.0 Å². The second kappa shape index (κ2) is 9.14. The number of esters is 1. The van der Waals surface area contributed by atoms with Crippen molar-refractivity contribution in [3.8, 4) is 0 Å². The summed E-state index contributed by atoms with van der Waals surface area (Å²) in [4.78, 5) is 26.0. The van der Waals surface area contributed by atoms with E-state index >= 15 is 0 Å². The van der Waals surface area contributed by atoms with E-state index in [1.807, 2.05) is 38.1 Å². The number of sulfonamides is 1. The lowest BCUT2D eigenvalue weighted by atomic mass is 9.98. The van der Waals surface area contributed by atoms with Gasteiger partial charge in [0.15, 0.2) is 6.10 Å². The van der Waals surface area contributed by atoms with Crippen LogP contribution in [-0.2, 0) is 14.8 Å². The maximum Gasteiger partial charge on any atom is 0.339 e. The van der Waals surface area contributed by atoms with Crippen LogP contribution in [0.4, 0.5) is 5.69 Å². The van der Waals surface area contributed by atoms with Crippen LogP contribution in [0, 0.1) is 13.8 Å². The number of ether oxygens (including phenoxy) is 1. The SMILES string of the molecule is Cc1ccc(C(=O)C(OC(=O)c2cccc(NS(C)(=O)=O)c2)c2ccc(C)cc2)cc1. The molecule has 0 aliphatic carbocycles. The summed E-state index contributed by atoms with van der Waals surface area (Å²) in [5.41, 5.74) is 3.36. The molecular weight excluding hydrogens is 414 g/mol. The zero-order valence-corrected chi connectivity index (χ0v) is 18.3. The fraction of sp³-hybridized carbons (Fsp3) is 0.167. The molecule has 0 radical (unpaired) electrons. The van der Waals surface area contributed by atoms with E-state index in [2.05, 4.69) is 4.72 Å². The van der Waals surface area contributed by atoms with E-state index in [-0.39, 0.29) is 17.0 Å². The first-order valence-corrected chi connectivity index (χ1v) is 11.5. The zero-order valence-electron chi connectivity index (χ0n) is 17.5. The molecule has 0 amide bonds. The molecule has 0 bridgehead atoms. The van der Waals surface area contributed by atoms with E-state index in [1.165, 1.54) is 24.3 Å². The van der Waals surface area contributed by atoms with Gasteiger partial charge >= 0.3 is 5.97 Å². The highest BCUT2D eigenvalue weighted by Crippen LogP contribution is 2.25. The molecule has 0 saturated heterocycles. The Labute approximate surface area is 181 Å². The van der Waals surface area contributed by atoms with Gasteiger partial charge in [-0.15, -0.1) is 0 Å². The van der Waals surface area contributed by atoms with Crippen LogP contribution in [0.1, 0.15) is 43.5 Å². The standard InChI is InChI=1S/C24H23NO5S/c1-16-7-11-18(12-8-16)22(26)23(19-13-9-17(2)10-14-19)30-24(27)20-5-4-6-21(15-20)25-31(3,28)29/h4-15,23,25H,1-3H3. The number of carbonyl (C=O) groups excluding carboxylic acids is 2. The predicted octanol–water partition coefficient (Wildman–Crippen LogP) is 4.46. The van der Waals surface area contributed by atoms with Crippen LogP contribution >= 0.6 is 0 Å². The number of nitrogens with one attached hydrogen (secondary N) is 1. The van der Waals surface area contributed by atoms with Gasteiger partial charge in [-0.05, 0) is 32.0 Å². The molecule has 3 aromatic carbocycles. The van der Waals surface area contributed by atoms with Gasteiger partial charge in [0, 0.05) is 16.8 Å². The van der Waals surface area contributed by atoms with Crippen LogP contribution in [0.25, 0.3) is 0 Å². The van der Waals surface area contributed by atoms with E-state index in [9.17, 15) is 18.0 Å². The number of ketones is 1. The number of benzene rings is 3. The third-order valence-corrected chi connectivity index (χ3v) is 5.19. The molecule has 0 aliphatic heterocycles. The van der Waals surface area contributed by atoms with Gasteiger partial charge in [0.1, 0.15) is 0 Å². The lowest BCUT2D eigenvalue weighted by molar-refractivity contribution is 0.0280. The summed E-state index contributed by atoms with van der Waals surface area (Å²) in [5, 5.41) is 0. The maximum atomic E-state index is 13.2. The number of aryl methyl sites for hydroxylation is 2. The van der Waals surface area contributed by atoms with Crippen molar-refractivity contribution in [3.63, 3.8) is 0 Å². The molecule has 0 heterocycles. The summed E-state index contributed by atoms with van der Waals surface area (Å²) in [6.45, 7) is 3.84. The van der Waals surface area contributed by atoms with E-state index < -0.39 is 22.1 Å². The number of anilines is 1. The summed E-state index contributed by atoms with van der Waals surface area (Å²) in [7, 11) is -3.50. The molecule has 3 aromatic rings. The Morgan fingerprint density at radius 2 is 1.42 bits per heavy atom. The molecule has 160 valence electrons. The summed E-state index contributed by atoms with van der Waals surface area (Å²) in [6, 6.07) is 20.1. The van der Waals surface area contributed by atoms with Gasteiger partial charge < -0.3 is 4.74 Å². The second-order valence-electron chi connectivity index (χ2n) is 7.38. The van der Waals surface area contributed by atoms with Gasteiger partial charge in [-0.2, -0.15) is 0 Å². The smallest absolute Gasteiger partial charge is 0.339 e. The average Bonchev–Trinajstić information content (AvgIpc) is 2.71. The Balaban J connectivity index is 1.92. The van der Waals surface area contributed by atoms with Crippen molar-refractivity contribution >= 4 is 27.5 Å². The Morgan fingerprint density at radius 1 is 0.839 bits per heavy atom. The van der Waals surface area contributed by atoms with Crippen LogP contribution in [-0.4, -0.2) is 26.4 Å². The quantitative estimate of drug-likeness (QED) is 0.436. The van der Waals surface area contributed by atoms with Crippen molar-refractivity contribution in [1.29, 1.82) is 0 Å². The normalized spacial score (nSPS) is 12.1. The first-order chi connectivity index (χ1) is 14.6. The molecule has 1 N–H and O–H groups in total. The maximum absolute atomic E-state index is 13.2. The van der Waals surface area contributed by atoms with Gasteiger partial charge in [0.25, 0.3) is 0 Å². The lowest BCUT2D eigenvalue weighted by Crippen LogP contribution is -2.20. The third kappa shape index (κ3) is 6.02. The molecule has 1 unspecified atom stereocenters. The van der Waals surface area contributed by atoms with E-state index in [0.29, 0.717) is 11.1 Å². The monoisotopic (exact) mass is 437 g/mol. The first-order valence-electron chi connectivity index (χ1n) is 9.59. The minimum atomic E-state index is -3.50. The highest BCUT2D eigenvalue weighted by Gasteiger charge is 2.27. The molecule has 31 heavy (non-hydrogen) atoms. The molecule has 6 nitrogen and oxygen atoms in total. The van der Waals surface area contributed by atoms with Crippen molar-refractivity contribution in [1.82, 2.24) is 0 Å². The van der Waals surface area contributed by atoms with E-state index in [4.69, 9.17) is 4.74 Å². The first kappa shape index (κ1) is 22.2. The highest BCUT2D eigenvalue weighted by molar-refractivity contribution is 7.92. The molecule has 0 spiro atoms. The molecule has 3 rings (SSSR count). The van der Waals surface area contributed by atoms with E-state index in [0.717, 1.165) is 17.4 Å². The zero-order chi connectivity index (χ0) is 22.6. The molecule has 0 saturated carbocycles. The van der Waals surface area contributed by atoms with Crippen molar-refractivity contribution in [3.05, 3.63) is 101 Å². The summed E-state index contributed by atoms with van der Waals surface area (Å²) < 4.78 is 30.9. The van der Waals surface area contributed by atoms with Gasteiger partial charge in [0.2, 0.25) is 15.8 Å². The minimum absolute atomic E-state index is 0.127. The van der Waals surface area contributed by atoms with Gasteiger partial charge in [-0.25, -0.2) is 13.2 Å². The van der Waals surface area contributed by atoms with Crippen LogP contribution < -0.4 is 4.72 Å². The number of Topliss-reactive ketones (excluding diaryl/α,β-unsaturated/α-hetero) is 1. The van der Waals surface area contributed by atoms with Gasteiger partial charge in [0.05, 0.1) is 11.8 Å². The second-order valence-corrected chi connectivity index (χ2v) is 9.13. The highest BCUT2D eigenvalue weighted by atomic mass is 32.2. The van der Waals surface area contributed by atoms with Crippen LogP contribution in [0.2, 0.25) is 0 Å². The van der Waals surface area contributed by atoms with Gasteiger partial charge in [-0.1, -0.05) is 65.7 Å². The molecule has 0 fully saturated rings. The van der Waals surface area contributed by atoms with E-state index in [1.54, 1.807) is 24.3 Å². The Bertz CT molecular complexity index is 1200. The number of rotatable bonds is 7. The van der Waals surface area contributed by atoms with Crippen LogP contribution in [0.5, 0.6) is 0 Å². The summed E-state index contributed by atoms with van der Waals surface area (Å²) >= 11 is 0. The van der Waals surface area contributed by atoms with Crippen molar-refractivity contribution in [2.45, 2.75) is 20.0 Å². The topological polar surface area (TPSA) is 89.5 Å². The Kier molecular flexibility index (Phi) is 6.56. The summed E-state index contributed by atoms with van der Waals surface area (Å²) in [6.07, 6.45) is -0.117. The fourth-order valence-corrected chi connectivity index (χ4v) is 3.54. The molecular formula is C24H23NO5S. The largest absolute Gasteiger partial charge is 0.445 e. The van der Waals surface area contributed by atoms with Crippen LogP contribution in [0.15, 0.2) is 72.8 Å². The number of carbonyl (C=O) groups is 2. The van der Waals surface area contributed by atoms with Crippen molar-refractivity contribution in [2.24, 2.45) is 0 Å². The van der Waals surface area contributed by atoms with Crippen LogP contribution in [0.3, 0.4) is 0 Å². The average molecular weight is 438 g/mol. The van der Waals surface area contributed by atoms with Crippen molar-refractivity contribution < 1.29 is 22.7 Å². The predicted molar refractivity (Wildman–Crippen MR) is 120 cm³/mol. The Morgan fingerprint density at radius 3 is 2.00 bits per heavy atom. The summed E-state index contributed by atoms with van der Waals surface area (Å²) in [5.74, 6) is -1.08. The third-order valence-electron chi connectivity index (χ3n) is 4.58. The molecule has 0 aromatic heterocycles. The minimum Gasteiger partial charge on any atom is -0.445 e. The molecule has 7 heteroatoms. The fourth-order valence-electron chi connectivity index (χ4n) is 2.98. The van der Waals surface area contributed by atoms with Gasteiger partial charge in [-0.3, -0.25) is 9.52 Å².